The monoisotopic (exact) mass is 238 g/mol. The fourth-order valence-electron chi connectivity index (χ4n) is 1.59. The zero-order chi connectivity index (χ0) is 11.5. The van der Waals surface area contributed by atoms with Crippen molar-refractivity contribution in [1.29, 1.82) is 0 Å². The molecule has 5 heteroatoms. The van der Waals surface area contributed by atoms with Crippen molar-refractivity contribution >= 4 is 29.2 Å². The van der Waals surface area contributed by atoms with Crippen molar-refractivity contribution in [2.75, 3.05) is 11.9 Å². The summed E-state index contributed by atoms with van der Waals surface area (Å²) in [7, 11) is 0. The van der Waals surface area contributed by atoms with Crippen LogP contribution in [0, 0.1) is 0 Å². The van der Waals surface area contributed by atoms with E-state index in [1.807, 2.05) is 0 Å². The van der Waals surface area contributed by atoms with Gasteiger partial charge < -0.3 is 5.32 Å². The first kappa shape index (κ1) is 11.0. The predicted molar refractivity (Wildman–Crippen MR) is 61.4 cm³/mol. The van der Waals surface area contributed by atoms with Crippen LogP contribution in [0.5, 0.6) is 0 Å². The third-order valence-corrected chi connectivity index (χ3v) is 2.67. The highest BCUT2D eigenvalue weighted by Crippen LogP contribution is 2.16. The van der Waals surface area contributed by atoms with Crippen LogP contribution >= 0.6 is 11.6 Å². The second-order valence-corrected chi connectivity index (χ2v) is 4.02. The first-order valence-electron chi connectivity index (χ1n) is 5.04. The van der Waals surface area contributed by atoms with Gasteiger partial charge >= 0.3 is 6.03 Å². The van der Waals surface area contributed by atoms with Gasteiger partial charge in [-0.05, 0) is 30.7 Å². The summed E-state index contributed by atoms with van der Waals surface area (Å²) in [4.78, 5) is 24.2. The van der Waals surface area contributed by atoms with E-state index in [-0.39, 0.29) is 11.9 Å². The molecule has 1 aromatic rings. The molecule has 4 nitrogen and oxygen atoms in total. The minimum Gasteiger partial charge on any atom is -0.307 e. The SMILES string of the molecule is O=C1CCCN1C(=O)Nc1ccc(Cl)cc1. The molecule has 0 unspecified atom stereocenters. The summed E-state index contributed by atoms with van der Waals surface area (Å²) in [5.41, 5.74) is 0.633. The molecule has 0 aliphatic carbocycles. The standard InChI is InChI=1S/C11H11ClN2O2/c12-8-3-5-9(6-4-8)13-11(16)14-7-1-2-10(14)15/h3-6H,1-2,7H2,(H,13,16). The quantitative estimate of drug-likeness (QED) is 0.817. The lowest BCUT2D eigenvalue weighted by Gasteiger charge is -2.14. The Hall–Kier alpha value is -1.55. The highest BCUT2D eigenvalue weighted by Gasteiger charge is 2.26. The number of urea groups is 1. The summed E-state index contributed by atoms with van der Waals surface area (Å²) < 4.78 is 0. The van der Waals surface area contributed by atoms with Gasteiger partial charge in [-0.25, -0.2) is 4.79 Å². The number of carbonyl (C=O) groups excluding carboxylic acids is 2. The van der Waals surface area contributed by atoms with Crippen molar-refractivity contribution in [2.24, 2.45) is 0 Å². The Kier molecular flexibility index (Phi) is 3.10. The number of nitrogens with zero attached hydrogens (tertiary/aromatic N) is 1. The van der Waals surface area contributed by atoms with Crippen molar-refractivity contribution in [2.45, 2.75) is 12.8 Å². The Bertz CT molecular complexity index is 416. The van der Waals surface area contributed by atoms with Crippen LogP contribution in [0.25, 0.3) is 0 Å². The Morgan fingerprint density at radius 2 is 2.00 bits per heavy atom. The van der Waals surface area contributed by atoms with Crippen LogP contribution in [-0.4, -0.2) is 23.4 Å². The number of nitrogens with one attached hydrogen (secondary N) is 1. The lowest BCUT2D eigenvalue weighted by atomic mass is 10.3. The highest BCUT2D eigenvalue weighted by molar-refractivity contribution is 6.30. The zero-order valence-electron chi connectivity index (χ0n) is 8.57. The normalized spacial score (nSPS) is 15.3. The molecule has 1 aromatic carbocycles. The van der Waals surface area contributed by atoms with E-state index in [0.29, 0.717) is 23.7 Å². The Morgan fingerprint density at radius 3 is 2.56 bits per heavy atom. The van der Waals surface area contributed by atoms with Gasteiger partial charge in [0.2, 0.25) is 5.91 Å². The Balaban J connectivity index is 2.02. The first-order valence-corrected chi connectivity index (χ1v) is 5.41. The Labute approximate surface area is 98.2 Å². The summed E-state index contributed by atoms with van der Waals surface area (Å²) in [6.45, 7) is 0.498. The number of anilines is 1. The van der Waals surface area contributed by atoms with Gasteiger partial charge in [0.25, 0.3) is 0 Å². The maximum Gasteiger partial charge on any atom is 0.328 e. The lowest BCUT2D eigenvalue weighted by Crippen LogP contribution is -2.35. The summed E-state index contributed by atoms with van der Waals surface area (Å²) >= 11 is 5.72. The van der Waals surface area contributed by atoms with Crippen LogP contribution in [0.4, 0.5) is 10.5 Å². The summed E-state index contributed by atoms with van der Waals surface area (Å²) in [5.74, 6) is -0.119. The molecule has 0 saturated carbocycles. The number of hydrogen-bond donors (Lipinski definition) is 1. The highest BCUT2D eigenvalue weighted by atomic mass is 35.5. The molecular formula is C11H11ClN2O2. The van der Waals surface area contributed by atoms with Crippen LogP contribution in [0.15, 0.2) is 24.3 Å². The Morgan fingerprint density at radius 1 is 1.31 bits per heavy atom. The van der Waals surface area contributed by atoms with Crippen molar-refractivity contribution in [3.05, 3.63) is 29.3 Å². The largest absolute Gasteiger partial charge is 0.328 e. The minimum absolute atomic E-state index is 0.119. The number of amides is 3. The molecule has 84 valence electrons. The van der Waals surface area contributed by atoms with E-state index in [4.69, 9.17) is 11.6 Å². The molecule has 0 bridgehead atoms. The molecule has 1 aliphatic heterocycles. The number of imide groups is 1. The number of hydrogen-bond acceptors (Lipinski definition) is 2. The molecule has 0 aromatic heterocycles. The van der Waals surface area contributed by atoms with Gasteiger partial charge in [0, 0.05) is 23.7 Å². The topological polar surface area (TPSA) is 49.4 Å². The average Bonchev–Trinajstić information content (AvgIpc) is 2.68. The number of halogens is 1. The third-order valence-electron chi connectivity index (χ3n) is 2.41. The van der Waals surface area contributed by atoms with Gasteiger partial charge in [0.1, 0.15) is 0 Å². The molecular weight excluding hydrogens is 228 g/mol. The molecule has 1 saturated heterocycles. The molecule has 0 spiro atoms. The first-order chi connectivity index (χ1) is 7.66. The average molecular weight is 239 g/mol. The molecule has 1 fully saturated rings. The second-order valence-electron chi connectivity index (χ2n) is 3.59. The molecule has 0 atom stereocenters. The van der Waals surface area contributed by atoms with Crippen LogP contribution in [-0.2, 0) is 4.79 Å². The molecule has 1 N–H and O–H groups in total. The van der Waals surface area contributed by atoms with Gasteiger partial charge in [-0.15, -0.1) is 0 Å². The predicted octanol–water partition coefficient (Wildman–Crippen LogP) is 2.49. The molecule has 1 heterocycles. The van der Waals surface area contributed by atoms with E-state index in [2.05, 4.69) is 5.32 Å². The van der Waals surface area contributed by atoms with E-state index < -0.39 is 0 Å². The van der Waals surface area contributed by atoms with Crippen molar-refractivity contribution < 1.29 is 9.59 Å². The second kappa shape index (κ2) is 4.53. The van der Waals surface area contributed by atoms with E-state index >= 15 is 0 Å². The molecule has 1 aliphatic rings. The maximum atomic E-state index is 11.7. The van der Waals surface area contributed by atoms with E-state index in [9.17, 15) is 9.59 Å². The van der Waals surface area contributed by atoms with Crippen LogP contribution < -0.4 is 5.32 Å². The number of carbonyl (C=O) groups is 2. The molecule has 3 amide bonds. The summed E-state index contributed by atoms with van der Waals surface area (Å²) in [6.07, 6.45) is 1.20. The van der Waals surface area contributed by atoms with Gasteiger partial charge in [-0.2, -0.15) is 0 Å². The van der Waals surface area contributed by atoms with Crippen molar-refractivity contribution in [1.82, 2.24) is 4.90 Å². The van der Waals surface area contributed by atoms with E-state index in [1.165, 1.54) is 4.90 Å². The smallest absolute Gasteiger partial charge is 0.307 e. The number of rotatable bonds is 1. The van der Waals surface area contributed by atoms with E-state index in [0.717, 1.165) is 6.42 Å². The van der Waals surface area contributed by atoms with Crippen molar-refractivity contribution in [3.63, 3.8) is 0 Å². The number of benzene rings is 1. The molecule has 2 rings (SSSR count). The van der Waals surface area contributed by atoms with Gasteiger partial charge in [-0.1, -0.05) is 11.6 Å². The lowest BCUT2D eigenvalue weighted by molar-refractivity contribution is -0.125. The van der Waals surface area contributed by atoms with Gasteiger partial charge in [0.05, 0.1) is 0 Å². The maximum absolute atomic E-state index is 11.7. The van der Waals surface area contributed by atoms with Crippen LogP contribution in [0.1, 0.15) is 12.8 Å². The fourth-order valence-corrected chi connectivity index (χ4v) is 1.71. The minimum atomic E-state index is -0.371. The number of likely N-dealkylation sites (tertiary alicyclic amines) is 1. The summed E-state index contributed by atoms with van der Waals surface area (Å²) in [6, 6.07) is 6.39. The fraction of sp³-hybridized carbons (Fsp3) is 0.273. The van der Waals surface area contributed by atoms with Crippen LogP contribution in [0.3, 0.4) is 0 Å². The van der Waals surface area contributed by atoms with Gasteiger partial charge in [0.15, 0.2) is 0 Å². The van der Waals surface area contributed by atoms with Gasteiger partial charge in [-0.3, -0.25) is 9.69 Å². The summed E-state index contributed by atoms with van der Waals surface area (Å²) in [5, 5.41) is 3.26. The third kappa shape index (κ3) is 2.33. The van der Waals surface area contributed by atoms with E-state index in [1.54, 1.807) is 24.3 Å². The van der Waals surface area contributed by atoms with Crippen LogP contribution in [0.2, 0.25) is 5.02 Å². The molecule has 0 radical (unpaired) electrons. The molecule has 16 heavy (non-hydrogen) atoms. The van der Waals surface area contributed by atoms with Crippen molar-refractivity contribution in [3.8, 4) is 0 Å². The zero-order valence-corrected chi connectivity index (χ0v) is 9.33.